The molecule has 180 valence electrons. The summed E-state index contributed by atoms with van der Waals surface area (Å²) in [5.74, 6) is 0.476. The highest BCUT2D eigenvalue weighted by atomic mass is 79.9. The van der Waals surface area contributed by atoms with Crippen molar-refractivity contribution in [2.75, 3.05) is 24.0 Å². The van der Waals surface area contributed by atoms with Crippen molar-refractivity contribution in [1.29, 1.82) is 0 Å². The third kappa shape index (κ3) is 7.08. The third-order valence-electron chi connectivity index (χ3n) is 5.19. The number of sulfonamides is 1. The average Bonchev–Trinajstić information content (AvgIpc) is 2.82. The van der Waals surface area contributed by atoms with Crippen LogP contribution in [0.3, 0.4) is 0 Å². The van der Waals surface area contributed by atoms with Gasteiger partial charge in [-0.2, -0.15) is 0 Å². The fourth-order valence-electron chi connectivity index (χ4n) is 3.41. The lowest BCUT2D eigenvalue weighted by molar-refractivity contribution is -0.119. The van der Waals surface area contributed by atoms with Crippen LogP contribution in [-0.2, 0) is 21.2 Å². The fraction of sp³-hybridized carbons (Fsp3) is 0.269. The highest BCUT2D eigenvalue weighted by Crippen LogP contribution is 2.26. The quantitative estimate of drug-likeness (QED) is 0.340. The molecule has 3 rings (SSSR count). The van der Waals surface area contributed by atoms with E-state index in [1.807, 2.05) is 38.1 Å². The second-order valence-electron chi connectivity index (χ2n) is 7.84. The summed E-state index contributed by atoms with van der Waals surface area (Å²) in [5.41, 5.74) is 2.52. The van der Waals surface area contributed by atoms with Gasteiger partial charge in [0.25, 0.3) is 10.0 Å². The van der Waals surface area contributed by atoms with Crippen LogP contribution in [-0.4, -0.2) is 34.0 Å². The van der Waals surface area contributed by atoms with Crippen LogP contribution in [0, 0.1) is 6.92 Å². The number of carbonyl (C=O) groups is 1. The van der Waals surface area contributed by atoms with E-state index in [0.29, 0.717) is 18.8 Å². The molecule has 3 aromatic rings. The molecule has 6 nitrogen and oxygen atoms in total. The molecule has 34 heavy (non-hydrogen) atoms. The lowest BCUT2D eigenvalue weighted by atomic mass is 10.1. The van der Waals surface area contributed by atoms with Crippen molar-refractivity contribution >= 4 is 37.5 Å². The van der Waals surface area contributed by atoms with Gasteiger partial charge in [-0.1, -0.05) is 51.8 Å². The fourth-order valence-corrected chi connectivity index (χ4v) is 5.21. The first-order chi connectivity index (χ1) is 16.3. The van der Waals surface area contributed by atoms with Crippen LogP contribution in [0.4, 0.5) is 5.69 Å². The standard InChI is InChI=1S/C26H29BrN2O4S/c1-3-33-24-13-11-21(12-14-24)6-5-17-28-26(30)19-29(23-8-4-7-22(27)18-23)34(31,32)25-15-9-20(2)10-16-25/h4,7-16,18H,3,5-6,17,19H2,1-2H3,(H,28,30). The molecule has 0 aliphatic heterocycles. The van der Waals surface area contributed by atoms with Gasteiger partial charge >= 0.3 is 0 Å². The van der Waals surface area contributed by atoms with Gasteiger partial charge in [0.15, 0.2) is 0 Å². The SMILES string of the molecule is CCOc1ccc(CCCNC(=O)CN(c2cccc(Br)c2)S(=O)(=O)c2ccc(C)cc2)cc1. The molecule has 0 saturated carbocycles. The Morgan fingerprint density at radius 2 is 1.74 bits per heavy atom. The molecule has 0 spiro atoms. The molecule has 0 fully saturated rings. The lowest BCUT2D eigenvalue weighted by Crippen LogP contribution is -2.41. The van der Waals surface area contributed by atoms with E-state index in [9.17, 15) is 13.2 Å². The molecule has 0 radical (unpaired) electrons. The maximum atomic E-state index is 13.4. The van der Waals surface area contributed by atoms with Gasteiger partial charge in [-0.05, 0) is 74.7 Å². The normalized spacial score (nSPS) is 11.1. The summed E-state index contributed by atoms with van der Waals surface area (Å²) >= 11 is 3.39. The van der Waals surface area contributed by atoms with Gasteiger partial charge in [0.1, 0.15) is 12.3 Å². The molecule has 0 aliphatic carbocycles. The van der Waals surface area contributed by atoms with E-state index in [-0.39, 0.29) is 17.3 Å². The molecular formula is C26H29BrN2O4S. The van der Waals surface area contributed by atoms with Gasteiger partial charge in [-0.15, -0.1) is 0 Å². The molecule has 1 amide bonds. The van der Waals surface area contributed by atoms with Crippen molar-refractivity contribution in [1.82, 2.24) is 5.32 Å². The molecule has 0 unspecified atom stereocenters. The first-order valence-corrected chi connectivity index (χ1v) is 13.4. The van der Waals surface area contributed by atoms with Gasteiger partial charge in [-0.3, -0.25) is 9.10 Å². The average molecular weight is 545 g/mol. The molecule has 3 aromatic carbocycles. The zero-order valence-electron chi connectivity index (χ0n) is 19.3. The van der Waals surface area contributed by atoms with Crippen LogP contribution < -0.4 is 14.4 Å². The van der Waals surface area contributed by atoms with E-state index < -0.39 is 10.0 Å². The molecule has 0 atom stereocenters. The molecule has 0 saturated heterocycles. The summed E-state index contributed by atoms with van der Waals surface area (Å²) in [4.78, 5) is 12.9. The smallest absolute Gasteiger partial charge is 0.264 e. The Bertz CT molecular complexity index is 1200. The number of ether oxygens (including phenoxy) is 1. The summed E-state index contributed by atoms with van der Waals surface area (Å²) in [7, 11) is -3.93. The monoisotopic (exact) mass is 544 g/mol. The minimum absolute atomic E-state index is 0.140. The summed E-state index contributed by atoms with van der Waals surface area (Å²) in [6, 6.07) is 21.4. The predicted octanol–water partition coefficient (Wildman–Crippen LogP) is 5.10. The number of hydrogen-bond acceptors (Lipinski definition) is 4. The van der Waals surface area contributed by atoms with Crippen LogP contribution in [0.25, 0.3) is 0 Å². The maximum absolute atomic E-state index is 13.4. The Hall–Kier alpha value is -2.84. The van der Waals surface area contributed by atoms with Crippen LogP contribution in [0.1, 0.15) is 24.5 Å². The number of rotatable bonds is 11. The van der Waals surface area contributed by atoms with Crippen LogP contribution in [0.2, 0.25) is 0 Å². The first-order valence-electron chi connectivity index (χ1n) is 11.1. The molecule has 0 aromatic heterocycles. The number of anilines is 1. The number of nitrogens with one attached hydrogen (secondary N) is 1. The largest absolute Gasteiger partial charge is 0.494 e. The Labute approximate surface area is 210 Å². The van der Waals surface area contributed by atoms with Crippen LogP contribution in [0.15, 0.2) is 82.2 Å². The maximum Gasteiger partial charge on any atom is 0.264 e. The van der Waals surface area contributed by atoms with Crippen molar-refractivity contribution in [3.63, 3.8) is 0 Å². The number of benzene rings is 3. The van der Waals surface area contributed by atoms with E-state index >= 15 is 0 Å². The predicted molar refractivity (Wildman–Crippen MR) is 139 cm³/mol. The molecular weight excluding hydrogens is 516 g/mol. The van der Waals surface area contributed by atoms with Crippen molar-refractivity contribution in [3.8, 4) is 5.75 Å². The molecule has 1 N–H and O–H groups in total. The van der Waals surface area contributed by atoms with E-state index in [0.717, 1.165) is 38.5 Å². The third-order valence-corrected chi connectivity index (χ3v) is 7.47. The van der Waals surface area contributed by atoms with Crippen molar-refractivity contribution in [3.05, 3.63) is 88.4 Å². The number of hydrogen-bond donors (Lipinski definition) is 1. The van der Waals surface area contributed by atoms with Gasteiger partial charge in [0, 0.05) is 11.0 Å². The van der Waals surface area contributed by atoms with Crippen molar-refractivity contribution in [2.24, 2.45) is 0 Å². The minimum atomic E-state index is -3.93. The molecule has 0 aliphatic rings. The van der Waals surface area contributed by atoms with Gasteiger partial charge in [0.05, 0.1) is 17.2 Å². The number of aryl methyl sites for hydroxylation is 2. The topological polar surface area (TPSA) is 75.7 Å². The first kappa shape index (κ1) is 25.8. The minimum Gasteiger partial charge on any atom is -0.494 e. The Morgan fingerprint density at radius 1 is 1.03 bits per heavy atom. The lowest BCUT2D eigenvalue weighted by Gasteiger charge is -2.24. The zero-order chi connectivity index (χ0) is 24.6. The van der Waals surface area contributed by atoms with Crippen LogP contribution in [0.5, 0.6) is 5.75 Å². The molecule has 8 heteroatoms. The number of carbonyl (C=O) groups excluding carboxylic acids is 1. The molecule has 0 heterocycles. The highest BCUT2D eigenvalue weighted by Gasteiger charge is 2.27. The van der Waals surface area contributed by atoms with E-state index in [1.165, 1.54) is 0 Å². The van der Waals surface area contributed by atoms with Crippen molar-refractivity contribution in [2.45, 2.75) is 31.6 Å². The molecule has 0 bridgehead atoms. The summed E-state index contributed by atoms with van der Waals surface area (Å²) in [6.07, 6.45) is 1.53. The number of amides is 1. The van der Waals surface area contributed by atoms with Crippen molar-refractivity contribution < 1.29 is 17.9 Å². The van der Waals surface area contributed by atoms with Gasteiger partial charge in [-0.25, -0.2) is 8.42 Å². The van der Waals surface area contributed by atoms with Crippen LogP contribution >= 0.6 is 15.9 Å². The Morgan fingerprint density at radius 3 is 2.38 bits per heavy atom. The summed E-state index contributed by atoms with van der Waals surface area (Å²) in [6.45, 7) is 4.60. The summed E-state index contributed by atoms with van der Waals surface area (Å²) < 4.78 is 34.1. The second kappa shape index (κ2) is 12.0. The van der Waals surface area contributed by atoms with E-state index in [1.54, 1.807) is 48.5 Å². The second-order valence-corrected chi connectivity index (χ2v) is 10.6. The summed E-state index contributed by atoms with van der Waals surface area (Å²) in [5, 5.41) is 2.85. The van der Waals surface area contributed by atoms with Gasteiger partial charge in [0.2, 0.25) is 5.91 Å². The Balaban J connectivity index is 1.65. The van der Waals surface area contributed by atoms with E-state index in [4.69, 9.17) is 4.74 Å². The zero-order valence-corrected chi connectivity index (χ0v) is 21.7. The highest BCUT2D eigenvalue weighted by molar-refractivity contribution is 9.10. The Kier molecular flexibility index (Phi) is 9.12. The van der Waals surface area contributed by atoms with Gasteiger partial charge < -0.3 is 10.1 Å². The number of halogens is 1. The number of nitrogens with zero attached hydrogens (tertiary/aromatic N) is 1. The van der Waals surface area contributed by atoms with E-state index in [2.05, 4.69) is 21.2 Å².